The van der Waals surface area contributed by atoms with Crippen molar-refractivity contribution in [1.82, 2.24) is 9.80 Å². The third-order valence-corrected chi connectivity index (χ3v) is 14.2. The lowest BCUT2D eigenvalue weighted by molar-refractivity contribution is -0.125. The van der Waals surface area contributed by atoms with Crippen LogP contribution in [0.15, 0.2) is 52.9 Å². The molecule has 3 unspecified atom stereocenters. The molecule has 0 radical (unpaired) electrons. The van der Waals surface area contributed by atoms with E-state index in [-0.39, 0.29) is 17.9 Å². The van der Waals surface area contributed by atoms with Crippen LogP contribution in [0.2, 0.25) is 0 Å². The van der Waals surface area contributed by atoms with E-state index < -0.39 is 0 Å². The van der Waals surface area contributed by atoms with Crippen LogP contribution in [0.3, 0.4) is 0 Å². The molecule has 5 rings (SSSR count). The maximum Gasteiger partial charge on any atom is 0.261 e. The zero-order chi connectivity index (χ0) is 35.6. The first kappa shape index (κ1) is 38.7. The van der Waals surface area contributed by atoms with Gasteiger partial charge >= 0.3 is 0 Å². The predicted octanol–water partition coefficient (Wildman–Crippen LogP) is 13.1. The first-order valence-corrected chi connectivity index (χ1v) is 22.3. The van der Waals surface area contributed by atoms with Crippen molar-refractivity contribution in [2.75, 3.05) is 6.54 Å². The summed E-state index contributed by atoms with van der Waals surface area (Å²) in [6.07, 6.45) is 17.8. The van der Waals surface area contributed by atoms with Gasteiger partial charge in [-0.2, -0.15) is 0 Å². The summed E-state index contributed by atoms with van der Waals surface area (Å²) in [5, 5.41) is 2.06. The molecular weight excluding hydrogens is 673 g/mol. The second-order valence-electron chi connectivity index (χ2n) is 14.4. The number of hydrogen-bond donors (Lipinski definition) is 0. The molecule has 2 amide bonds. The van der Waals surface area contributed by atoms with Gasteiger partial charge in [-0.3, -0.25) is 9.59 Å². The summed E-state index contributed by atoms with van der Waals surface area (Å²) in [4.78, 5) is 39.8. The van der Waals surface area contributed by atoms with Crippen LogP contribution < -0.4 is 0 Å². The Balaban J connectivity index is 1.54. The Hall–Kier alpha value is -2.48. The first-order chi connectivity index (χ1) is 24.4. The minimum atomic E-state index is -0.00496. The molecule has 272 valence electrons. The predicted molar refractivity (Wildman–Crippen MR) is 218 cm³/mol. The molecule has 50 heavy (non-hydrogen) atoms. The topological polar surface area (TPSA) is 40.6 Å². The van der Waals surface area contributed by atoms with E-state index in [1.165, 1.54) is 53.2 Å². The molecule has 2 aliphatic heterocycles. The monoisotopic (exact) mass is 732 g/mol. The number of unbranched alkanes of at least 4 members (excludes halogenated alkanes) is 7. The molecule has 3 atom stereocenters. The van der Waals surface area contributed by atoms with Crippen molar-refractivity contribution >= 4 is 57.2 Å². The lowest BCUT2D eigenvalue weighted by Gasteiger charge is -2.34. The molecule has 0 spiro atoms. The zero-order valence-corrected chi connectivity index (χ0v) is 34.0. The van der Waals surface area contributed by atoms with Crippen LogP contribution in [0.4, 0.5) is 0 Å². The molecule has 0 N–H and O–H groups in total. The van der Waals surface area contributed by atoms with Crippen molar-refractivity contribution in [3.05, 3.63) is 67.6 Å². The second-order valence-corrected chi connectivity index (χ2v) is 17.6. The number of carbonyl (C=O) groups excluding carboxylic acids is 2. The summed E-state index contributed by atoms with van der Waals surface area (Å²) in [7, 11) is 0. The molecule has 7 heteroatoms. The smallest absolute Gasteiger partial charge is 0.261 e. The lowest BCUT2D eigenvalue weighted by Crippen LogP contribution is -2.40. The Labute approximate surface area is 314 Å². The van der Waals surface area contributed by atoms with Gasteiger partial charge in [0.15, 0.2) is 0 Å². The number of hydrogen-bond acceptors (Lipinski definition) is 5. The van der Waals surface area contributed by atoms with Crippen LogP contribution in [0.1, 0.15) is 146 Å². The van der Waals surface area contributed by atoms with Crippen molar-refractivity contribution in [1.29, 1.82) is 0 Å². The number of fused-ring (bicyclic) bond motifs is 1. The first-order valence-electron chi connectivity index (χ1n) is 19.8. The minimum absolute atomic E-state index is 0.00491. The SMILES string of the molecule is CCCCCCCCc1ccc(-c2ccc(C3=C4C(=O)N(CC(CC)CCCC)C(c5cccs5)=C4C(=O)N3C(C)C(CC)CCCC)s2)s1. The van der Waals surface area contributed by atoms with Gasteiger partial charge in [0, 0.05) is 27.2 Å². The number of thiophene rings is 3. The van der Waals surface area contributed by atoms with Gasteiger partial charge < -0.3 is 9.80 Å². The number of carbonyl (C=O) groups is 2. The van der Waals surface area contributed by atoms with Crippen LogP contribution in [0.5, 0.6) is 0 Å². The molecule has 0 aromatic carbocycles. The highest BCUT2D eigenvalue weighted by Crippen LogP contribution is 2.51. The van der Waals surface area contributed by atoms with Gasteiger partial charge in [-0.05, 0) is 80.2 Å². The molecule has 2 aliphatic rings. The largest absolute Gasteiger partial charge is 0.306 e. The van der Waals surface area contributed by atoms with Crippen molar-refractivity contribution in [3.63, 3.8) is 0 Å². The molecule has 0 saturated heterocycles. The molecule has 3 aromatic rings. The number of amides is 2. The number of nitrogens with zero attached hydrogens (tertiary/aromatic N) is 2. The van der Waals surface area contributed by atoms with Crippen molar-refractivity contribution in [2.24, 2.45) is 11.8 Å². The van der Waals surface area contributed by atoms with Gasteiger partial charge in [0.25, 0.3) is 11.8 Å². The molecule has 0 bridgehead atoms. The standard InChI is InChI=1S/C43H60N2O2S3/c1-7-12-15-16-17-18-22-33-24-25-34(49-33)35-26-27-37(50-35)41-39-38(43(47)45(41)30(6)32(11-5)21-14-9-3)40(36-23-19-28-48-36)44(42(39)46)29-31(10-4)20-13-8-2/h19,23-28,30-32H,7-18,20-22,29H2,1-6H3. The van der Waals surface area contributed by atoms with E-state index in [1.807, 2.05) is 27.2 Å². The summed E-state index contributed by atoms with van der Waals surface area (Å²) in [6, 6.07) is 13.1. The Kier molecular flexibility index (Phi) is 14.6. The fourth-order valence-electron chi connectivity index (χ4n) is 7.80. The quantitative estimate of drug-likeness (QED) is 0.0965. The maximum atomic E-state index is 15.0. The van der Waals surface area contributed by atoms with E-state index in [2.05, 4.69) is 77.3 Å². The Bertz CT molecular complexity index is 1610. The highest BCUT2D eigenvalue weighted by atomic mass is 32.1. The van der Waals surface area contributed by atoms with E-state index in [1.54, 1.807) is 22.7 Å². The van der Waals surface area contributed by atoms with E-state index >= 15 is 0 Å². The molecule has 0 saturated carbocycles. The molecule has 4 nitrogen and oxygen atoms in total. The zero-order valence-electron chi connectivity index (χ0n) is 31.5. The normalized spacial score (nSPS) is 16.7. The highest BCUT2D eigenvalue weighted by Gasteiger charge is 2.51. The molecule has 5 heterocycles. The van der Waals surface area contributed by atoms with Crippen molar-refractivity contribution < 1.29 is 9.59 Å². The van der Waals surface area contributed by atoms with Crippen LogP contribution in [-0.4, -0.2) is 34.2 Å². The molecule has 3 aromatic heterocycles. The van der Waals surface area contributed by atoms with Gasteiger partial charge in [0.05, 0.1) is 32.3 Å². The van der Waals surface area contributed by atoms with Crippen LogP contribution in [0, 0.1) is 11.8 Å². The molecule has 0 fully saturated rings. The van der Waals surface area contributed by atoms with E-state index in [9.17, 15) is 9.59 Å². The van der Waals surface area contributed by atoms with Crippen molar-refractivity contribution in [3.8, 4) is 9.75 Å². The van der Waals surface area contributed by atoms with Gasteiger partial charge in [0.1, 0.15) is 0 Å². The maximum absolute atomic E-state index is 15.0. The van der Waals surface area contributed by atoms with E-state index in [4.69, 9.17) is 0 Å². The summed E-state index contributed by atoms with van der Waals surface area (Å²) >= 11 is 5.27. The average Bonchev–Trinajstić information content (AvgIpc) is 3.96. The Morgan fingerprint density at radius 2 is 1.30 bits per heavy atom. The second kappa shape index (κ2) is 18.8. The van der Waals surface area contributed by atoms with E-state index in [0.29, 0.717) is 29.5 Å². The van der Waals surface area contributed by atoms with Crippen molar-refractivity contribution in [2.45, 2.75) is 144 Å². The number of rotatable bonds is 22. The fourth-order valence-corrected chi connectivity index (χ4v) is 10.8. The van der Waals surface area contributed by atoms with Gasteiger partial charge in [0.2, 0.25) is 0 Å². The van der Waals surface area contributed by atoms with Gasteiger partial charge in [-0.25, -0.2) is 0 Å². The summed E-state index contributed by atoms with van der Waals surface area (Å²) in [5.74, 6) is 0.777. The summed E-state index contributed by atoms with van der Waals surface area (Å²) < 4.78 is 0. The van der Waals surface area contributed by atoms with Crippen LogP contribution >= 0.6 is 34.0 Å². The average molecular weight is 733 g/mol. The fraction of sp³-hybridized carbons (Fsp3) is 0.581. The lowest BCUT2D eigenvalue weighted by atomic mass is 9.91. The van der Waals surface area contributed by atoms with Crippen LogP contribution in [0.25, 0.3) is 21.1 Å². The van der Waals surface area contributed by atoms with Gasteiger partial charge in [-0.15, -0.1) is 34.0 Å². The summed E-state index contributed by atoms with van der Waals surface area (Å²) in [6.45, 7) is 14.1. The number of aryl methyl sites for hydroxylation is 1. The third kappa shape index (κ3) is 8.58. The third-order valence-electron chi connectivity index (χ3n) is 10.9. The Morgan fingerprint density at radius 3 is 2.00 bits per heavy atom. The highest BCUT2D eigenvalue weighted by molar-refractivity contribution is 7.22. The molecule has 0 aliphatic carbocycles. The molecular formula is C43H60N2O2S3. The minimum Gasteiger partial charge on any atom is -0.306 e. The van der Waals surface area contributed by atoms with Gasteiger partial charge in [-0.1, -0.05) is 111 Å². The Morgan fingerprint density at radius 1 is 0.640 bits per heavy atom. The van der Waals surface area contributed by atoms with Crippen LogP contribution in [-0.2, 0) is 16.0 Å². The van der Waals surface area contributed by atoms with E-state index in [0.717, 1.165) is 78.9 Å². The summed E-state index contributed by atoms with van der Waals surface area (Å²) in [5.41, 5.74) is 2.94.